The van der Waals surface area contributed by atoms with Gasteiger partial charge in [0.05, 0.1) is 13.4 Å². The number of halogens is 2. The number of rotatable bonds is 5. The largest absolute Gasteiger partial charge is 0.487 e. The van der Waals surface area contributed by atoms with E-state index in [4.69, 9.17) is 17.0 Å². The van der Waals surface area contributed by atoms with Gasteiger partial charge >= 0.3 is 0 Å². The topological polar surface area (TPSA) is 55.2 Å². The number of aromatic nitrogens is 3. The van der Waals surface area contributed by atoms with Gasteiger partial charge in [-0.3, -0.25) is 5.10 Å². The quantitative estimate of drug-likeness (QED) is 0.267. The van der Waals surface area contributed by atoms with Crippen LogP contribution in [0.4, 0.5) is 0 Å². The summed E-state index contributed by atoms with van der Waals surface area (Å²) in [5, 5.41) is 11.1. The maximum atomic E-state index is 6.00. The normalized spacial score (nSPS) is 11.2. The number of nitrogens with one attached hydrogen (secondary N) is 1. The van der Waals surface area contributed by atoms with E-state index in [1.807, 2.05) is 37.3 Å². The SMILES string of the molecule is Cc1n[nH]c(=S)n1/N=C\c1cc(I)c(OCc2ccccc2)c(I)c1. The van der Waals surface area contributed by atoms with Crippen LogP contribution in [0.1, 0.15) is 17.0 Å². The van der Waals surface area contributed by atoms with E-state index in [2.05, 4.69) is 72.6 Å². The Labute approximate surface area is 177 Å². The molecule has 0 saturated carbocycles. The molecule has 0 amide bonds. The number of aryl methyl sites for hydroxylation is 1. The van der Waals surface area contributed by atoms with Crippen LogP contribution in [-0.4, -0.2) is 21.1 Å². The van der Waals surface area contributed by atoms with Crippen LogP contribution in [0.25, 0.3) is 0 Å². The van der Waals surface area contributed by atoms with Crippen molar-refractivity contribution in [2.24, 2.45) is 5.10 Å². The Morgan fingerprint density at radius 2 is 1.92 bits per heavy atom. The fraction of sp³-hybridized carbons (Fsp3) is 0.118. The molecule has 25 heavy (non-hydrogen) atoms. The maximum absolute atomic E-state index is 6.00. The highest BCUT2D eigenvalue weighted by Gasteiger charge is 2.09. The Hall–Kier alpha value is -1.27. The zero-order chi connectivity index (χ0) is 17.8. The Morgan fingerprint density at radius 1 is 1.24 bits per heavy atom. The molecule has 0 bridgehead atoms. The molecule has 0 unspecified atom stereocenters. The first kappa shape index (κ1) is 18.5. The van der Waals surface area contributed by atoms with Gasteiger partial charge in [-0.25, -0.2) is 0 Å². The third-order valence-corrected chi connectivity index (χ3v) is 5.25. The van der Waals surface area contributed by atoms with E-state index in [-0.39, 0.29) is 0 Å². The summed E-state index contributed by atoms with van der Waals surface area (Å²) < 4.78 is 10.1. The average Bonchev–Trinajstić information content (AvgIpc) is 2.91. The van der Waals surface area contributed by atoms with Gasteiger partial charge in [0.2, 0.25) is 4.77 Å². The van der Waals surface area contributed by atoms with Crippen LogP contribution in [0, 0.1) is 18.8 Å². The molecule has 5 nitrogen and oxygen atoms in total. The predicted molar refractivity (Wildman–Crippen MR) is 118 cm³/mol. The lowest BCUT2D eigenvalue weighted by atomic mass is 10.2. The number of H-pyrrole nitrogens is 1. The van der Waals surface area contributed by atoms with Crippen molar-refractivity contribution in [2.75, 3.05) is 0 Å². The number of aromatic amines is 1. The molecular weight excluding hydrogens is 562 g/mol. The lowest BCUT2D eigenvalue weighted by Crippen LogP contribution is -2.00. The molecule has 8 heteroatoms. The van der Waals surface area contributed by atoms with Crippen molar-refractivity contribution >= 4 is 63.6 Å². The number of hydrogen-bond donors (Lipinski definition) is 1. The van der Waals surface area contributed by atoms with E-state index in [9.17, 15) is 0 Å². The minimum atomic E-state index is 0.473. The van der Waals surface area contributed by atoms with E-state index in [1.165, 1.54) is 0 Å². The van der Waals surface area contributed by atoms with Gasteiger partial charge in [0.15, 0.2) is 0 Å². The highest BCUT2D eigenvalue weighted by atomic mass is 127. The summed E-state index contributed by atoms with van der Waals surface area (Å²) in [6.07, 6.45) is 1.77. The molecule has 0 aliphatic carbocycles. The molecule has 0 spiro atoms. The summed E-state index contributed by atoms with van der Waals surface area (Å²) in [7, 11) is 0. The Balaban J connectivity index is 1.79. The zero-order valence-electron chi connectivity index (χ0n) is 13.2. The molecule has 0 atom stereocenters. The lowest BCUT2D eigenvalue weighted by molar-refractivity contribution is 0.302. The molecule has 3 rings (SSSR count). The van der Waals surface area contributed by atoms with Crippen LogP contribution in [-0.2, 0) is 6.61 Å². The van der Waals surface area contributed by atoms with Crippen LogP contribution in [0.2, 0.25) is 0 Å². The summed E-state index contributed by atoms with van der Waals surface area (Å²) >= 11 is 9.72. The molecule has 0 radical (unpaired) electrons. The van der Waals surface area contributed by atoms with Gasteiger partial charge in [-0.05, 0) is 87.6 Å². The van der Waals surface area contributed by atoms with Crippen LogP contribution in [0.3, 0.4) is 0 Å². The van der Waals surface area contributed by atoms with Crippen LogP contribution >= 0.6 is 57.4 Å². The van der Waals surface area contributed by atoms with Gasteiger partial charge in [0.25, 0.3) is 0 Å². The molecule has 2 aromatic carbocycles. The van der Waals surface area contributed by atoms with Gasteiger partial charge in [0.1, 0.15) is 18.2 Å². The van der Waals surface area contributed by atoms with E-state index < -0.39 is 0 Å². The van der Waals surface area contributed by atoms with Crippen molar-refractivity contribution in [3.05, 3.63) is 71.3 Å². The summed E-state index contributed by atoms with van der Waals surface area (Å²) in [6.45, 7) is 2.39. The Bertz CT molecular complexity index is 943. The molecule has 0 saturated heterocycles. The molecule has 0 aliphatic rings. The van der Waals surface area contributed by atoms with Crippen molar-refractivity contribution < 1.29 is 4.74 Å². The van der Waals surface area contributed by atoms with E-state index in [0.717, 1.165) is 24.0 Å². The van der Waals surface area contributed by atoms with Crippen LogP contribution in [0.5, 0.6) is 5.75 Å². The van der Waals surface area contributed by atoms with Crippen molar-refractivity contribution in [3.63, 3.8) is 0 Å². The Morgan fingerprint density at radius 3 is 2.52 bits per heavy atom. The number of hydrogen-bond acceptors (Lipinski definition) is 4. The lowest BCUT2D eigenvalue weighted by Gasteiger charge is -2.11. The summed E-state index contributed by atoms with van der Waals surface area (Å²) in [6, 6.07) is 14.2. The zero-order valence-corrected chi connectivity index (χ0v) is 18.4. The molecule has 1 aromatic heterocycles. The van der Waals surface area contributed by atoms with Gasteiger partial charge in [0, 0.05) is 0 Å². The first-order chi connectivity index (χ1) is 12.0. The minimum absolute atomic E-state index is 0.473. The van der Waals surface area contributed by atoms with Crippen molar-refractivity contribution in [2.45, 2.75) is 13.5 Å². The van der Waals surface area contributed by atoms with Crippen molar-refractivity contribution in [1.82, 2.24) is 14.9 Å². The fourth-order valence-corrected chi connectivity index (χ4v) is 4.51. The minimum Gasteiger partial charge on any atom is -0.487 e. The summed E-state index contributed by atoms with van der Waals surface area (Å²) in [4.78, 5) is 0. The van der Waals surface area contributed by atoms with Crippen LogP contribution in [0.15, 0.2) is 47.6 Å². The molecule has 1 heterocycles. The monoisotopic (exact) mass is 576 g/mol. The Kier molecular flexibility index (Phi) is 6.23. The van der Waals surface area contributed by atoms with E-state index >= 15 is 0 Å². The molecular formula is C17H14I2N4OS. The summed E-state index contributed by atoms with van der Waals surface area (Å²) in [5.74, 6) is 1.60. The second kappa shape index (κ2) is 8.41. The third-order valence-electron chi connectivity index (χ3n) is 3.38. The average molecular weight is 576 g/mol. The third kappa shape index (κ3) is 4.67. The second-order valence-corrected chi connectivity index (χ2v) is 7.93. The molecule has 0 fully saturated rings. The maximum Gasteiger partial charge on any atom is 0.216 e. The highest BCUT2D eigenvalue weighted by molar-refractivity contribution is 14.1. The molecule has 0 aliphatic heterocycles. The van der Waals surface area contributed by atoms with Gasteiger partial charge in [-0.1, -0.05) is 30.3 Å². The smallest absolute Gasteiger partial charge is 0.216 e. The van der Waals surface area contributed by atoms with Gasteiger partial charge in [-0.2, -0.15) is 14.9 Å². The number of ether oxygens (including phenoxy) is 1. The summed E-state index contributed by atoms with van der Waals surface area (Å²) in [5.41, 5.74) is 2.12. The first-order valence-electron chi connectivity index (χ1n) is 7.39. The molecule has 128 valence electrons. The van der Waals surface area contributed by atoms with Crippen molar-refractivity contribution in [3.8, 4) is 5.75 Å². The first-order valence-corrected chi connectivity index (χ1v) is 9.95. The van der Waals surface area contributed by atoms with Gasteiger partial charge < -0.3 is 4.74 Å². The van der Waals surface area contributed by atoms with E-state index in [0.29, 0.717) is 17.2 Å². The predicted octanol–water partition coefficient (Wildman–Crippen LogP) is 4.92. The number of benzene rings is 2. The second-order valence-electron chi connectivity index (χ2n) is 5.22. The van der Waals surface area contributed by atoms with E-state index in [1.54, 1.807) is 10.9 Å². The van der Waals surface area contributed by atoms with Crippen molar-refractivity contribution in [1.29, 1.82) is 0 Å². The molecule has 1 N–H and O–H groups in total. The standard InChI is InChI=1S/C17H14I2N4OS/c1-11-21-22-17(25)23(11)20-9-13-7-14(18)16(15(19)8-13)24-10-12-5-3-2-4-6-12/h2-9H,10H2,1H3,(H,22,25)/b20-9-. The fourth-order valence-electron chi connectivity index (χ4n) is 2.15. The number of nitrogens with zero attached hydrogens (tertiary/aromatic N) is 3. The van der Waals surface area contributed by atoms with Crippen LogP contribution < -0.4 is 4.74 Å². The van der Waals surface area contributed by atoms with Gasteiger partial charge in [-0.15, -0.1) is 0 Å². The highest BCUT2D eigenvalue weighted by Crippen LogP contribution is 2.29. The molecule has 3 aromatic rings.